The molecule has 1 aliphatic rings. The molecule has 0 saturated carbocycles. The summed E-state index contributed by atoms with van der Waals surface area (Å²) in [6.07, 6.45) is 5.14. The number of hydrogen-bond donors (Lipinski definition) is 1. The number of rotatable bonds is 10. The number of thiophene rings is 1. The van der Waals surface area contributed by atoms with Gasteiger partial charge in [0.25, 0.3) is 0 Å². The number of anilines is 1. The standard InChI is InChI=1S/C26H29ClN4O4S2/c1-5-12-31-23(16(3)35-19-13-15(2)10-11-18(19)27)29-30-26(31)36-14-21(32)28-24-22(25(33)34-4)17-8-6-7-9-20(17)37-24/h5,10-11,13,16H,1,6-9,12,14H2,2-4H3,(H,28,32). The van der Waals surface area contributed by atoms with E-state index in [-0.39, 0.29) is 11.7 Å². The number of hydrogen-bond acceptors (Lipinski definition) is 8. The number of ether oxygens (including phenoxy) is 2. The first-order valence-corrected chi connectivity index (χ1v) is 14.1. The van der Waals surface area contributed by atoms with Crippen molar-refractivity contribution in [2.45, 2.75) is 57.3 Å². The first kappa shape index (κ1) is 27.2. The number of methoxy groups -OCH3 is 1. The lowest BCUT2D eigenvalue weighted by Crippen LogP contribution is -2.17. The van der Waals surface area contributed by atoms with Crippen LogP contribution in [-0.2, 0) is 28.9 Å². The van der Waals surface area contributed by atoms with Crippen LogP contribution in [-0.4, -0.2) is 39.5 Å². The number of aryl methyl sites for hydroxylation is 2. The number of thioether (sulfide) groups is 1. The van der Waals surface area contributed by atoms with Crippen molar-refractivity contribution in [1.29, 1.82) is 0 Å². The molecule has 2 aromatic heterocycles. The van der Waals surface area contributed by atoms with Crippen molar-refractivity contribution in [2.75, 3.05) is 18.2 Å². The molecule has 1 aliphatic carbocycles. The van der Waals surface area contributed by atoms with Gasteiger partial charge in [0.2, 0.25) is 5.91 Å². The smallest absolute Gasteiger partial charge is 0.341 e. The van der Waals surface area contributed by atoms with Gasteiger partial charge in [-0.3, -0.25) is 9.36 Å². The molecule has 3 aromatic rings. The molecule has 0 fully saturated rings. The monoisotopic (exact) mass is 560 g/mol. The highest BCUT2D eigenvalue weighted by atomic mass is 35.5. The van der Waals surface area contributed by atoms with Crippen LogP contribution in [0.2, 0.25) is 5.02 Å². The van der Waals surface area contributed by atoms with E-state index in [4.69, 9.17) is 21.1 Å². The highest BCUT2D eigenvalue weighted by Gasteiger charge is 2.27. The Morgan fingerprint density at radius 3 is 2.86 bits per heavy atom. The predicted octanol–water partition coefficient (Wildman–Crippen LogP) is 6.02. The molecule has 4 rings (SSSR count). The molecular formula is C26H29ClN4O4S2. The summed E-state index contributed by atoms with van der Waals surface area (Å²) in [6.45, 7) is 8.12. The zero-order chi connectivity index (χ0) is 26.5. The Bertz CT molecular complexity index is 1320. The largest absolute Gasteiger partial charge is 0.481 e. The molecule has 1 unspecified atom stereocenters. The van der Waals surface area contributed by atoms with E-state index in [0.29, 0.717) is 38.9 Å². The second-order valence-corrected chi connectivity index (χ2v) is 11.1. The topological polar surface area (TPSA) is 95.3 Å². The van der Waals surface area contributed by atoms with Crippen molar-refractivity contribution >= 4 is 51.6 Å². The van der Waals surface area contributed by atoms with Crippen LogP contribution in [0, 0.1) is 6.92 Å². The van der Waals surface area contributed by atoms with Crippen molar-refractivity contribution in [3.63, 3.8) is 0 Å². The van der Waals surface area contributed by atoms with Crippen molar-refractivity contribution in [3.05, 3.63) is 63.3 Å². The second kappa shape index (κ2) is 12.1. The number of carbonyl (C=O) groups excluding carboxylic acids is 2. The third-order valence-electron chi connectivity index (χ3n) is 5.96. The molecule has 0 spiro atoms. The van der Waals surface area contributed by atoms with E-state index in [1.54, 1.807) is 12.1 Å². The van der Waals surface area contributed by atoms with Gasteiger partial charge >= 0.3 is 5.97 Å². The van der Waals surface area contributed by atoms with E-state index < -0.39 is 12.1 Å². The summed E-state index contributed by atoms with van der Waals surface area (Å²) in [5.41, 5.74) is 2.52. The molecule has 0 aliphatic heterocycles. The van der Waals surface area contributed by atoms with Crippen LogP contribution >= 0.6 is 34.7 Å². The Morgan fingerprint density at radius 2 is 2.11 bits per heavy atom. The molecule has 0 radical (unpaired) electrons. The van der Waals surface area contributed by atoms with E-state index in [9.17, 15) is 9.59 Å². The Morgan fingerprint density at radius 1 is 1.32 bits per heavy atom. The molecule has 37 heavy (non-hydrogen) atoms. The van der Waals surface area contributed by atoms with Gasteiger partial charge in [-0.1, -0.05) is 35.5 Å². The quantitative estimate of drug-likeness (QED) is 0.184. The summed E-state index contributed by atoms with van der Waals surface area (Å²) in [5, 5.41) is 13.2. The number of carbonyl (C=O) groups is 2. The number of nitrogens with one attached hydrogen (secondary N) is 1. The summed E-state index contributed by atoms with van der Waals surface area (Å²) in [7, 11) is 1.36. The van der Waals surface area contributed by atoms with Crippen LogP contribution in [0.1, 0.15) is 58.1 Å². The molecule has 11 heteroatoms. The number of halogens is 1. The van der Waals surface area contributed by atoms with Crippen LogP contribution < -0.4 is 10.1 Å². The summed E-state index contributed by atoms with van der Waals surface area (Å²) >= 11 is 9.02. The summed E-state index contributed by atoms with van der Waals surface area (Å²) in [6, 6.07) is 5.58. The van der Waals surface area contributed by atoms with Crippen LogP contribution in [0.5, 0.6) is 5.75 Å². The Hall–Kier alpha value is -2.82. The lowest BCUT2D eigenvalue weighted by atomic mass is 9.95. The zero-order valence-electron chi connectivity index (χ0n) is 21.0. The molecule has 1 atom stereocenters. The molecule has 0 saturated heterocycles. The summed E-state index contributed by atoms with van der Waals surface area (Å²) < 4.78 is 12.9. The molecule has 1 aromatic carbocycles. The molecule has 1 amide bonds. The van der Waals surface area contributed by atoms with E-state index in [0.717, 1.165) is 41.7 Å². The van der Waals surface area contributed by atoms with Crippen molar-refractivity contribution in [3.8, 4) is 5.75 Å². The minimum atomic E-state index is -0.435. The Balaban J connectivity index is 1.47. The maximum atomic E-state index is 12.9. The van der Waals surface area contributed by atoms with Gasteiger partial charge in [-0.15, -0.1) is 28.1 Å². The van der Waals surface area contributed by atoms with E-state index >= 15 is 0 Å². The number of fused-ring (bicyclic) bond motifs is 1. The van der Waals surface area contributed by atoms with Gasteiger partial charge in [0, 0.05) is 11.4 Å². The van der Waals surface area contributed by atoms with Gasteiger partial charge in [0.1, 0.15) is 10.8 Å². The fourth-order valence-electron chi connectivity index (χ4n) is 4.22. The van der Waals surface area contributed by atoms with Gasteiger partial charge in [-0.05, 0) is 62.8 Å². The predicted molar refractivity (Wildman–Crippen MR) is 147 cm³/mol. The number of benzene rings is 1. The first-order chi connectivity index (χ1) is 17.8. The second-order valence-electron chi connectivity index (χ2n) is 8.68. The SMILES string of the molecule is C=CCn1c(SCC(=O)Nc2sc3c(c2C(=O)OC)CCCC3)nnc1C(C)Oc1cc(C)ccc1Cl. The summed E-state index contributed by atoms with van der Waals surface area (Å²) in [5.74, 6) is 0.604. The third-order valence-corrected chi connectivity index (χ3v) is 8.44. The molecular weight excluding hydrogens is 532 g/mol. The van der Waals surface area contributed by atoms with E-state index in [1.807, 2.05) is 30.5 Å². The number of aromatic nitrogens is 3. The summed E-state index contributed by atoms with van der Waals surface area (Å²) in [4.78, 5) is 26.5. The highest BCUT2D eigenvalue weighted by Crippen LogP contribution is 2.39. The fraction of sp³-hybridized carbons (Fsp3) is 0.385. The number of amides is 1. The fourth-order valence-corrected chi connectivity index (χ4v) is 6.43. The number of nitrogens with zero attached hydrogens (tertiary/aromatic N) is 3. The first-order valence-electron chi connectivity index (χ1n) is 11.9. The lowest BCUT2D eigenvalue weighted by Gasteiger charge is -2.17. The van der Waals surface area contributed by atoms with Crippen molar-refractivity contribution in [2.24, 2.45) is 0 Å². The van der Waals surface area contributed by atoms with Gasteiger partial charge in [-0.2, -0.15) is 0 Å². The van der Waals surface area contributed by atoms with Crippen LogP contribution in [0.3, 0.4) is 0 Å². The highest BCUT2D eigenvalue weighted by molar-refractivity contribution is 7.99. The van der Waals surface area contributed by atoms with Crippen LogP contribution in [0.15, 0.2) is 36.0 Å². The minimum Gasteiger partial charge on any atom is -0.481 e. The zero-order valence-corrected chi connectivity index (χ0v) is 23.4. The minimum absolute atomic E-state index is 0.0946. The van der Waals surface area contributed by atoms with E-state index in [2.05, 4.69) is 22.1 Å². The maximum absolute atomic E-state index is 12.9. The Labute approximate surface area is 229 Å². The molecule has 2 heterocycles. The molecule has 0 bridgehead atoms. The van der Waals surface area contributed by atoms with Crippen LogP contribution in [0.25, 0.3) is 0 Å². The Kier molecular flexibility index (Phi) is 8.94. The van der Waals surface area contributed by atoms with Gasteiger partial charge in [0.05, 0.1) is 23.4 Å². The maximum Gasteiger partial charge on any atom is 0.341 e. The number of esters is 1. The molecule has 8 nitrogen and oxygen atoms in total. The average molecular weight is 561 g/mol. The van der Waals surface area contributed by atoms with E-state index in [1.165, 1.54) is 30.2 Å². The van der Waals surface area contributed by atoms with Gasteiger partial charge in [0.15, 0.2) is 17.1 Å². The average Bonchev–Trinajstić information content (AvgIpc) is 3.45. The normalized spacial score (nSPS) is 13.5. The van der Waals surface area contributed by atoms with Gasteiger partial charge in [-0.25, -0.2) is 4.79 Å². The lowest BCUT2D eigenvalue weighted by molar-refractivity contribution is -0.113. The molecule has 1 N–H and O–H groups in total. The molecule has 196 valence electrons. The third kappa shape index (κ3) is 6.19. The van der Waals surface area contributed by atoms with Crippen molar-refractivity contribution < 1.29 is 19.1 Å². The number of allylic oxidation sites excluding steroid dienone is 1. The van der Waals surface area contributed by atoms with Crippen LogP contribution in [0.4, 0.5) is 5.00 Å². The van der Waals surface area contributed by atoms with Crippen molar-refractivity contribution in [1.82, 2.24) is 14.8 Å². The van der Waals surface area contributed by atoms with Gasteiger partial charge < -0.3 is 14.8 Å².